The highest BCUT2D eigenvalue weighted by molar-refractivity contribution is 4.88. The first-order valence-corrected chi connectivity index (χ1v) is 8.58. The van der Waals surface area contributed by atoms with E-state index in [1.165, 1.54) is 6.42 Å². The van der Waals surface area contributed by atoms with E-state index in [1.54, 1.807) is 7.11 Å². The van der Waals surface area contributed by atoms with E-state index in [0.717, 1.165) is 51.8 Å². The number of piperazine rings is 1. The van der Waals surface area contributed by atoms with Crippen molar-refractivity contribution in [1.82, 2.24) is 10.2 Å². The second-order valence-corrected chi connectivity index (χ2v) is 7.00. The molecule has 0 bridgehead atoms. The van der Waals surface area contributed by atoms with Crippen LogP contribution in [0.1, 0.15) is 40.5 Å². The zero-order valence-electron chi connectivity index (χ0n) is 14.7. The maximum absolute atomic E-state index is 5.74. The van der Waals surface area contributed by atoms with Crippen LogP contribution in [0, 0.1) is 11.8 Å². The van der Waals surface area contributed by atoms with E-state index >= 15 is 0 Å². The molecule has 1 aliphatic heterocycles. The SMILES string of the molecule is COCCCOCCN1CC(CC(C)C)NCC1C(C)C. The van der Waals surface area contributed by atoms with E-state index in [-0.39, 0.29) is 0 Å². The minimum Gasteiger partial charge on any atom is -0.385 e. The van der Waals surface area contributed by atoms with Gasteiger partial charge in [-0.15, -0.1) is 0 Å². The number of nitrogens with one attached hydrogen (secondary N) is 1. The van der Waals surface area contributed by atoms with E-state index in [9.17, 15) is 0 Å². The van der Waals surface area contributed by atoms with Gasteiger partial charge in [0.1, 0.15) is 0 Å². The first-order valence-electron chi connectivity index (χ1n) is 8.58. The number of rotatable bonds is 10. The maximum Gasteiger partial charge on any atom is 0.0593 e. The molecule has 4 nitrogen and oxygen atoms in total. The summed E-state index contributed by atoms with van der Waals surface area (Å²) in [5, 5.41) is 3.73. The monoisotopic (exact) mass is 300 g/mol. The Bertz CT molecular complexity index is 259. The van der Waals surface area contributed by atoms with Crippen LogP contribution in [-0.4, -0.2) is 63.5 Å². The fraction of sp³-hybridized carbons (Fsp3) is 1.00. The summed E-state index contributed by atoms with van der Waals surface area (Å²) in [6, 6.07) is 1.27. The molecule has 2 atom stereocenters. The van der Waals surface area contributed by atoms with Gasteiger partial charge in [-0.2, -0.15) is 0 Å². The van der Waals surface area contributed by atoms with Crippen LogP contribution < -0.4 is 5.32 Å². The molecule has 2 unspecified atom stereocenters. The average molecular weight is 300 g/mol. The van der Waals surface area contributed by atoms with Crippen LogP contribution in [0.4, 0.5) is 0 Å². The molecule has 4 heteroatoms. The molecule has 0 radical (unpaired) electrons. The second kappa shape index (κ2) is 10.5. The molecule has 0 aliphatic carbocycles. The molecule has 1 N–H and O–H groups in total. The topological polar surface area (TPSA) is 33.7 Å². The van der Waals surface area contributed by atoms with Crippen molar-refractivity contribution in [2.45, 2.75) is 52.6 Å². The summed E-state index contributed by atoms with van der Waals surface area (Å²) >= 11 is 0. The zero-order valence-corrected chi connectivity index (χ0v) is 14.7. The quantitative estimate of drug-likeness (QED) is 0.628. The Morgan fingerprint density at radius 1 is 1.14 bits per heavy atom. The van der Waals surface area contributed by atoms with Crippen molar-refractivity contribution in [3.63, 3.8) is 0 Å². The molecule has 0 saturated carbocycles. The van der Waals surface area contributed by atoms with Crippen molar-refractivity contribution < 1.29 is 9.47 Å². The molecule has 1 saturated heterocycles. The minimum absolute atomic E-state index is 0.633. The number of hydrogen-bond acceptors (Lipinski definition) is 4. The fourth-order valence-corrected chi connectivity index (χ4v) is 3.13. The van der Waals surface area contributed by atoms with E-state index in [2.05, 4.69) is 37.9 Å². The van der Waals surface area contributed by atoms with Gasteiger partial charge in [-0.25, -0.2) is 0 Å². The number of ether oxygens (including phenoxy) is 2. The van der Waals surface area contributed by atoms with Crippen molar-refractivity contribution in [2.24, 2.45) is 11.8 Å². The maximum atomic E-state index is 5.74. The van der Waals surface area contributed by atoms with Gasteiger partial charge >= 0.3 is 0 Å². The molecule has 1 fully saturated rings. The molecule has 21 heavy (non-hydrogen) atoms. The summed E-state index contributed by atoms with van der Waals surface area (Å²) in [5.74, 6) is 1.44. The smallest absolute Gasteiger partial charge is 0.0593 e. The van der Waals surface area contributed by atoms with Gasteiger partial charge in [0.2, 0.25) is 0 Å². The molecule has 1 heterocycles. The van der Waals surface area contributed by atoms with E-state index in [4.69, 9.17) is 9.47 Å². The van der Waals surface area contributed by atoms with Gasteiger partial charge in [-0.05, 0) is 24.7 Å². The summed E-state index contributed by atoms with van der Waals surface area (Å²) in [4.78, 5) is 2.63. The summed E-state index contributed by atoms with van der Waals surface area (Å²) in [5.41, 5.74) is 0. The van der Waals surface area contributed by atoms with Crippen molar-refractivity contribution in [3.8, 4) is 0 Å². The van der Waals surface area contributed by atoms with E-state index in [1.807, 2.05) is 0 Å². The Morgan fingerprint density at radius 2 is 1.90 bits per heavy atom. The van der Waals surface area contributed by atoms with Crippen molar-refractivity contribution in [1.29, 1.82) is 0 Å². The first kappa shape index (κ1) is 18.9. The standard InChI is InChI=1S/C17H36N2O2/c1-14(2)11-16-13-19(17(12-18-16)15(3)4)7-10-21-9-6-8-20-5/h14-18H,6-13H2,1-5H3. The van der Waals surface area contributed by atoms with Gasteiger partial charge in [0.05, 0.1) is 6.61 Å². The van der Waals surface area contributed by atoms with E-state index < -0.39 is 0 Å². The highest BCUT2D eigenvalue weighted by Gasteiger charge is 2.29. The summed E-state index contributed by atoms with van der Waals surface area (Å²) in [7, 11) is 1.74. The highest BCUT2D eigenvalue weighted by atomic mass is 16.5. The van der Waals surface area contributed by atoms with Gasteiger partial charge in [0, 0.05) is 52.0 Å². The van der Waals surface area contributed by atoms with Crippen LogP contribution in [0.5, 0.6) is 0 Å². The minimum atomic E-state index is 0.633. The van der Waals surface area contributed by atoms with Crippen molar-refractivity contribution in [3.05, 3.63) is 0 Å². The lowest BCUT2D eigenvalue weighted by molar-refractivity contribution is 0.0416. The van der Waals surface area contributed by atoms with E-state index in [0.29, 0.717) is 18.0 Å². The molecular formula is C17H36N2O2. The van der Waals surface area contributed by atoms with Crippen LogP contribution in [0.15, 0.2) is 0 Å². The molecule has 0 aromatic heterocycles. The Hall–Kier alpha value is -0.160. The van der Waals surface area contributed by atoms with Gasteiger partial charge in [0.15, 0.2) is 0 Å². The predicted octanol–water partition coefficient (Wildman–Crippen LogP) is 2.38. The third-order valence-corrected chi connectivity index (χ3v) is 4.23. The highest BCUT2D eigenvalue weighted by Crippen LogP contribution is 2.18. The molecular weight excluding hydrogens is 264 g/mol. The van der Waals surface area contributed by atoms with Crippen LogP contribution in [0.2, 0.25) is 0 Å². The lowest BCUT2D eigenvalue weighted by atomic mass is 9.95. The van der Waals surface area contributed by atoms with Gasteiger partial charge in [-0.3, -0.25) is 4.90 Å². The second-order valence-electron chi connectivity index (χ2n) is 7.00. The lowest BCUT2D eigenvalue weighted by Gasteiger charge is -2.43. The molecule has 1 aliphatic rings. The number of nitrogens with zero attached hydrogens (tertiary/aromatic N) is 1. The summed E-state index contributed by atoms with van der Waals surface area (Å²) in [6.07, 6.45) is 2.25. The number of methoxy groups -OCH3 is 1. The largest absolute Gasteiger partial charge is 0.385 e. The van der Waals surface area contributed by atoms with Crippen LogP contribution in [-0.2, 0) is 9.47 Å². The van der Waals surface area contributed by atoms with Crippen LogP contribution >= 0.6 is 0 Å². The Labute approximate surface area is 131 Å². The summed E-state index contributed by atoms with van der Waals surface area (Å²) in [6.45, 7) is 15.0. The Morgan fingerprint density at radius 3 is 2.52 bits per heavy atom. The van der Waals surface area contributed by atoms with Crippen molar-refractivity contribution >= 4 is 0 Å². The first-order chi connectivity index (χ1) is 10.0. The van der Waals surface area contributed by atoms with Gasteiger partial charge in [0.25, 0.3) is 0 Å². The third kappa shape index (κ3) is 7.59. The third-order valence-electron chi connectivity index (χ3n) is 4.23. The molecule has 0 aromatic carbocycles. The molecule has 1 rings (SSSR count). The molecule has 126 valence electrons. The van der Waals surface area contributed by atoms with Crippen LogP contribution in [0.3, 0.4) is 0 Å². The zero-order chi connectivity index (χ0) is 15.7. The molecule has 0 aromatic rings. The van der Waals surface area contributed by atoms with Gasteiger partial charge < -0.3 is 14.8 Å². The Balaban J connectivity index is 2.33. The normalized spacial score (nSPS) is 24.1. The molecule has 0 spiro atoms. The average Bonchev–Trinajstić information content (AvgIpc) is 2.42. The van der Waals surface area contributed by atoms with Crippen LogP contribution in [0.25, 0.3) is 0 Å². The van der Waals surface area contributed by atoms with Crippen molar-refractivity contribution in [2.75, 3.05) is 46.6 Å². The lowest BCUT2D eigenvalue weighted by Crippen LogP contribution is -2.59. The fourth-order valence-electron chi connectivity index (χ4n) is 3.13. The van der Waals surface area contributed by atoms with Gasteiger partial charge in [-0.1, -0.05) is 27.7 Å². The predicted molar refractivity (Wildman–Crippen MR) is 88.8 cm³/mol. The number of hydrogen-bond donors (Lipinski definition) is 1. The summed E-state index contributed by atoms with van der Waals surface area (Å²) < 4.78 is 10.8. The molecule has 0 amide bonds. The Kier molecular flexibility index (Phi) is 9.49.